The van der Waals surface area contributed by atoms with Crippen molar-refractivity contribution in [3.63, 3.8) is 0 Å². The predicted octanol–water partition coefficient (Wildman–Crippen LogP) is 6.27. The summed E-state index contributed by atoms with van der Waals surface area (Å²) >= 11 is 0. The van der Waals surface area contributed by atoms with E-state index in [1.807, 2.05) is 0 Å². The molecule has 0 heterocycles. The average molecular weight is 425 g/mol. The summed E-state index contributed by atoms with van der Waals surface area (Å²) in [7, 11) is -2.68. The Bertz CT molecular complexity index is 710. The van der Waals surface area contributed by atoms with Gasteiger partial charge in [-0.3, -0.25) is 4.79 Å². The van der Waals surface area contributed by atoms with Gasteiger partial charge in [-0.1, -0.05) is 121 Å². The highest BCUT2D eigenvalue weighted by molar-refractivity contribution is 6.99. The largest absolute Gasteiger partial charge is 0.397 e. The summed E-state index contributed by atoms with van der Waals surface area (Å²) in [4.78, 5) is 13.2. The van der Waals surface area contributed by atoms with Crippen LogP contribution in [0.3, 0.4) is 0 Å². The van der Waals surface area contributed by atoms with Crippen LogP contribution in [-0.2, 0) is 9.22 Å². The molecule has 0 saturated heterocycles. The van der Waals surface area contributed by atoms with Gasteiger partial charge in [0.05, 0.1) is 0 Å². The van der Waals surface area contributed by atoms with E-state index in [-0.39, 0.29) is 16.9 Å². The first kappa shape index (κ1) is 24.6. The zero-order valence-electron chi connectivity index (χ0n) is 19.6. The van der Waals surface area contributed by atoms with Gasteiger partial charge in [0.1, 0.15) is 6.10 Å². The van der Waals surface area contributed by atoms with E-state index >= 15 is 0 Å². The van der Waals surface area contributed by atoms with E-state index in [1.54, 1.807) is 0 Å². The molecule has 164 valence electrons. The summed E-state index contributed by atoms with van der Waals surface area (Å²) in [5.41, 5.74) is 0. The zero-order chi connectivity index (χ0) is 22.0. The molecule has 0 aliphatic heterocycles. The van der Waals surface area contributed by atoms with Crippen LogP contribution in [0.1, 0.15) is 79.6 Å². The van der Waals surface area contributed by atoms with Crippen molar-refractivity contribution in [2.24, 2.45) is 0 Å². The van der Waals surface area contributed by atoms with Gasteiger partial charge in [-0.2, -0.15) is 0 Å². The molecule has 1 atom stereocenters. The third-order valence-corrected chi connectivity index (χ3v) is 11.0. The van der Waals surface area contributed by atoms with Crippen LogP contribution in [0.25, 0.3) is 0 Å². The lowest BCUT2D eigenvalue weighted by Gasteiger charge is -2.44. The van der Waals surface area contributed by atoms with Crippen LogP contribution < -0.4 is 10.4 Å². The van der Waals surface area contributed by atoms with Gasteiger partial charge in [-0.05, 0) is 28.3 Å². The van der Waals surface area contributed by atoms with Crippen LogP contribution in [0.15, 0.2) is 60.7 Å². The normalized spacial score (nSPS) is 13.2. The van der Waals surface area contributed by atoms with E-state index in [0.29, 0.717) is 6.42 Å². The van der Waals surface area contributed by atoms with E-state index in [4.69, 9.17) is 4.43 Å². The second-order valence-electron chi connectivity index (χ2n) is 9.31. The molecule has 3 heteroatoms. The molecule has 0 fully saturated rings. The van der Waals surface area contributed by atoms with E-state index < -0.39 is 8.32 Å². The summed E-state index contributed by atoms with van der Waals surface area (Å²) in [6, 6.07) is 21.2. The Labute approximate surface area is 185 Å². The first-order chi connectivity index (χ1) is 14.4. The van der Waals surface area contributed by atoms with Gasteiger partial charge in [-0.25, -0.2) is 0 Å². The van der Waals surface area contributed by atoms with Gasteiger partial charge in [0.2, 0.25) is 0 Å². The number of benzene rings is 2. The fourth-order valence-corrected chi connectivity index (χ4v) is 9.08. The first-order valence-corrected chi connectivity index (χ1v) is 13.6. The molecular weight excluding hydrogens is 384 g/mol. The SMILES string of the molecule is CCCCCCCC(=O)C(CC)O[Si](c1ccccc1)(c1ccccc1)C(C)(C)C. The number of Topliss-reactive ketones (excluding diaryl/α,β-unsaturated/α-hetero) is 1. The lowest BCUT2D eigenvalue weighted by molar-refractivity contribution is -0.126. The van der Waals surface area contributed by atoms with Crippen molar-refractivity contribution in [1.29, 1.82) is 0 Å². The Balaban J connectivity index is 2.38. The molecule has 0 radical (unpaired) electrons. The molecule has 0 spiro atoms. The highest BCUT2D eigenvalue weighted by atomic mass is 28.4. The van der Waals surface area contributed by atoms with Gasteiger partial charge >= 0.3 is 0 Å². The van der Waals surface area contributed by atoms with Crippen LogP contribution >= 0.6 is 0 Å². The molecular formula is C27H40O2Si. The fourth-order valence-electron chi connectivity index (χ4n) is 4.35. The molecule has 2 rings (SSSR count). The molecule has 1 unspecified atom stereocenters. The fraction of sp³-hybridized carbons (Fsp3) is 0.519. The van der Waals surface area contributed by atoms with Crippen LogP contribution in [-0.4, -0.2) is 20.2 Å². The van der Waals surface area contributed by atoms with Gasteiger partial charge in [-0.15, -0.1) is 0 Å². The van der Waals surface area contributed by atoms with Crippen LogP contribution in [0.4, 0.5) is 0 Å². The minimum Gasteiger partial charge on any atom is -0.397 e. The average Bonchev–Trinajstić information content (AvgIpc) is 2.75. The number of ketones is 1. The van der Waals surface area contributed by atoms with Crippen LogP contribution in [0.2, 0.25) is 5.04 Å². The number of hydrogen-bond acceptors (Lipinski definition) is 2. The van der Waals surface area contributed by atoms with Crippen molar-refractivity contribution in [3.05, 3.63) is 60.7 Å². The Morgan fingerprint density at radius 2 is 1.33 bits per heavy atom. The molecule has 2 aromatic carbocycles. The van der Waals surface area contributed by atoms with Crippen molar-refractivity contribution >= 4 is 24.5 Å². The van der Waals surface area contributed by atoms with E-state index in [2.05, 4.69) is 95.3 Å². The van der Waals surface area contributed by atoms with Gasteiger partial charge in [0.25, 0.3) is 8.32 Å². The highest BCUT2D eigenvalue weighted by Crippen LogP contribution is 2.38. The van der Waals surface area contributed by atoms with Crippen molar-refractivity contribution < 1.29 is 9.22 Å². The van der Waals surface area contributed by atoms with Crippen LogP contribution in [0.5, 0.6) is 0 Å². The lowest BCUT2D eigenvalue weighted by Crippen LogP contribution is -2.68. The van der Waals surface area contributed by atoms with Crippen molar-refractivity contribution in [1.82, 2.24) is 0 Å². The summed E-state index contributed by atoms with van der Waals surface area (Å²) in [5, 5.41) is 2.36. The molecule has 0 saturated carbocycles. The smallest absolute Gasteiger partial charge is 0.262 e. The summed E-state index contributed by atoms with van der Waals surface area (Å²) in [6.45, 7) is 11.1. The predicted molar refractivity (Wildman–Crippen MR) is 131 cm³/mol. The summed E-state index contributed by atoms with van der Waals surface area (Å²) in [6.07, 6.45) is 6.80. The number of unbranched alkanes of at least 4 members (excludes halogenated alkanes) is 4. The standard InChI is InChI=1S/C27H40O2Si/c1-6-8-9-10-17-22-25(28)26(7-2)29-30(27(3,4)5,23-18-13-11-14-19-23)24-20-15-12-16-21-24/h11-16,18-21,26H,6-10,17,22H2,1-5H3. The Morgan fingerprint density at radius 3 is 1.77 bits per heavy atom. The second-order valence-corrected chi connectivity index (χ2v) is 13.6. The Kier molecular flexibility index (Phi) is 9.51. The first-order valence-electron chi connectivity index (χ1n) is 11.7. The molecule has 2 aromatic rings. The van der Waals surface area contributed by atoms with E-state index in [0.717, 1.165) is 19.3 Å². The van der Waals surface area contributed by atoms with Gasteiger partial charge in [0, 0.05) is 6.42 Å². The zero-order valence-corrected chi connectivity index (χ0v) is 20.6. The molecule has 0 bridgehead atoms. The van der Waals surface area contributed by atoms with Crippen molar-refractivity contribution in [3.8, 4) is 0 Å². The number of rotatable bonds is 12. The number of hydrogen-bond donors (Lipinski definition) is 0. The monoisotopic (exact) mass is 424 g/mol. The summed E-state index contributed by atoms with van der Waals surface area (Å²) in [5.74, 6) is 0.266. The molecule has 0 aliphatic carbocycles. The number of carbonyl (C=O) groups is 1. The minimum absolute atomic E-state index is 0.107. The maximum absolute atomic E-state index is 13.2. The Morgan fingerprint density at radius 1 is 0.833 bits per heavy atom. The molecule has 30 heavy (non-hydrogen) atoms. The van der Waals surface area contributed by atoms with E-state index in [9.17, 15) is 4.79 Å². The molecule has 0 aliphatic rings. The maximum atomic E-state index is 13.2. The topological polar surface area (TPSA) is 26.3 Å². The van der Waals surface area contributed by atoms with Gasteiger partial charge in [0.15, 0.2) is 5.78 Å². The minimum atomic E-state index is -2.68. The third-order valence-electron chi connectivity index (χ3n) is 5.99. The molecule has 0 aromatic heterocycles. The molecule has 2 nitrogen and oxygen atoms in total. The van der Waals surface area contributed by atoms with E-state index in [1.165, 1.54) is 29.6 Å². The van der Waals surface area contributed by atoms with Crippen molar-refractivity contribution in [2.45, 2.75) is 90.7 Å². The van der Waals surface area contributed by atoms with Crippen molar-refractivity contribution in [2.75, 3.05) is 0 Å². The maximum Gasteiger partial charge on any atom is 0.262 e. The lowest BCUT2D eigenvalue weighted by atomic mass is 10.0. The van der Waals surface area contributed by atoms with Gasteiger partial charge < -0.3 is 4.43 Å². The van der Waals surface area contributed by atoms with Crippen LogP contribution in [0, 0.1) is 0 Å². The second kappa shape index (κ2) is 11.6. The number of carbonyl (C=O) groups excluding carboxylic acids is 1. The third kappa shape index (κ3) is 5.92. The molecule has 0 N–H and O–H groups in total. The highest BCUT2D eigenvalue weighted by Gasteiger charge is 2.51. The summed E-state index contributed by atoms with van der Waals surface area (Å²) < 4.78 is 7.05. The quantitative estimate of drug-likeness (QED) is 0.296. The Hall–Kier alpha value is -1.71. The molecule has 0 amide bonds.